The number of aromatic nitrogens is 3. The summed E-state index contributed by atoms with van der Waals surface area (Å²) in [5.74, 6) is 1.32. The van der Waals surface area contributed by atoms with Gasteiger partial charge >= 0.3 is 0 Å². The van der Waals surface area contributed by atoms with Gasteiger partial charge in [-0.15, -0.1) is 0 Å². The van der Waals surface area contributed by atoms with Crippen molar-refractivity contribution in [1.29, 1.82) is 0 Å². The molecule has 0 spiro atoms. The number of rotatable bonds is 6. The van der Waals surface area contributed by atoms with Crippen LogP contribution in [0.4, 0.5) is 17.5 Å². The highest BCUT2D eigenvalue weighted by atomic mass is 15.1. The van der Waals surface area contributed by atoms with Crippen molar-refractivity contribution < 1.29 is 0 Å². The van der Waals surface area contributed by atoms with Crippen LogP contribution in [0.25, 0.3) is 11.3 Å². The van der Waals surface area contributed by atoms with E-state index in [2.05, 4.69) is 52.6 Å². The molecule has 2 heterocycles. The SMILES string of the molecule is Cc1cc(C)cc(Nc2nc(NCc3cccnc3)cc(-c3ccccc3)n2)c1. The van der Waals surface area contributed by atoms with Crippen LogP contribution >= 0.6 is 0 Å². The van der Waals surface area contributed by atoms with E-state index in [4.69, 9.17) is 4.98 Å². The largest absolute Gasteiger partial charge is 0.366 e. The molecule has 0 aliphatic heterocycles. The average Bonchev–Trinajstić information content (AvgIpc) is 2.73. The Morgan fingerprint density at radius 2 is 1.62 bits per heavy atom. The summed E-state index contributed by atoms with van der Waals surface area (Å²) in [6, 6.07) is 22.4. The minimum absolute atomic E-state index is 0.560. The number of hydrogen-bond acceptors (Lipinski definition) is 5. The Morgan fingerprint density at radius 3 is 2.34 bits per heavy atom. The van der Waals surface area contributed by atoms with Crippen molar-refractivity contribution in [2.24, 2.45) is 0 Å². The fourth-order valence-corrected chi connectivity index (χ4v) is 3.22. The molecule has 0 saturated heterocycles. The lowest BCUT2D eigenvalue weighted by molar-refractivity contribution is 1.07. The Bertz CT molecular complexity index is 1070. The Kier molecular flexibility index (Phi) is 5.47. The molecule has 0 amide bonds. The van der Waals surface area contributed by atoms with Gasteiger partial charge in [0.05, 0.1) is 5.69 Å². The standard InChI is InChI=1S/C24H23N5/c1-17-11-18(2)13-21(12-17)27-24-28-22(20-8-4-3-5-9-20)14-23(29-24)26-16-19-7-6-10-25-15-19/h3-15H,16H2,1-2H3,(H2,26,27,28,29). The summed E-state index contributed by atoms with van der Waals surface area (Å²) >= 11 is 0. The Labute approximate surface area is 170 Å². The highest BCUT2D eigenvalue weighted by molar-refractivity contribution is 5.66. The monoisotopic (exact) mass is 381 g/mol. The maximum atomic E-state index is 4.74. The second-order valence-electron chi connectivity index (χ2n) is 7.04. The first kappa shape index (κ1) is 18.6. The number of nitrogens with one attached hydrogen (secondary N) is 2. The van der Waals surface area contributed by atoms with Gasteiger partial charge in [0, 0.05) is 36.3 Å². The van der Waals surface area contributed by atoms with E-state index in [9.17, 15) is 0 Å². The summed E-state index contributed by atoms with van der Waals surface area (Å²) in [6.45, 7) is 4.81. The normalized spacial score (nSPS) is 10.6. The van der Waals surface area contributed by atoms with Gasteiger partial charge in [0.1, 0.15) is 5.82 Å². The zero-order valence-corrected chi connectivity index (χ0v) is 16.6. The van der Waals surface area contributed by atoms with Gasteiger partial charge in [0.2, 0.25) is 5.95 Å². The van der Waals surface area contributed by atoms with Gasteiger partial charge in [-0.2, -0.15) is 4.98 Å². The molecule has 144 valence electrons. The van der Waals surface area contributed by atoms with Crippen molar-refractivity contribution in [3.8, 4) is 11.3 Å². The number of pyridine rings is 1. The smallest absolute Gasteiger partial charge is 0.229 e. The highest BCUT2D eigenvalue weighted by Gasteiger charge is 2.08. The molecule has 2 aromatic carbocycles. The number of hydrogen-bond donors (Lipinski definition) is 2. The summed E-state index contributed by atoms with van der Waals surface area (Å²) in [5.41, 5.74) is 6.37. The number of aryl methyl sites for hydroxylation is 2. The average molecular weight is 381 g/mol. The van der Waals surface area contributed by atoms with Crippen LogP contribution in [0.15, 0.2) is 79.1 Å². The third-order valence-electron chi connectivity index (χ3n) is 4.47. The molecule has 5 heteroatoms. The van der Waals surface area contributed by atoms with Gasteiger partial charge < -0.3 is 10.6 Å². The van der Waals surface area contributed by atoms with E-state index in [-0.39, 0.29) is 0 Å². The van der Waals surface area contributed by atoms with Crippen LogP contribution in [0, 0.1) is 13.8 Å². The molecule has 0 unspecified atom stereocenters. The Morgan fingerprint density at radius 1 is 0.828 bits per heavy atom. The van der Waals surface area contributed by atoms with Crippen LogP contribution in [0.5, 0.6) is 0 Å². The first-order chi connectivity index (χ1) is 14.2. The molecule has 4 aromatic rings. The van der Waals surface area contributed by atoms with Crippen LogP contribution in [0.1, 0.15) is 16.7 Å². The fraction of sp³-hybridized carbons (Fsp3) is 0.125. The predicted octanol–water partition coefficient (Wildman–Crippen LogP) is 5.51. The summed E-state index contributed by atoms with van der Waals surface area (Å²) in [7, 11) is 0. The molecule has 29 heavy (non-hydrogen) atoms. The topological polar surface area (TPSA) is 62.7 Å². The molecule has 5 nitrogen and oxygen atoms in total. The molecule has 0 bridgehead atoms. The van der Waals surface area contributed by atoms with Gasteiger partial charge in [-0.3, -0.25) is 4.98 Å². The van der Waals surface area contributed by atoms with E-state index < -0.39 is 0 Å². The van der Waals surface area contributed by atoms with E-state index in [1.165, 1.54) is 11.1 Å². The van der Waals surface area contributed by atoms with Crippen LogP contribution in [0.2, 0.25) is 0 Å². The highest BCUT2D eigenvalue weighted by Crippen LogP contribution is 2.24. The van der Waals surface area contributed by atoms with E-state index in [0.717, 1.165) is 28.3 Å². The molecule has 0 radical (unpaired) electrons. The van der Waals surface area contributed by atoms with Crippen molar-refractivity contribution in [2.75, 3.05) is 10.6 Å². The second kappa shape index (κ2) is 8.52. The molecule has 0 atom stereocenters. The molecule has 0 saturated carbocycles. The van der Waals surface area contributed by atoms with E-state index in [1.807, 2.05) is 54.7 Å². The molecule has 0 fully saturated rings. The molecule has 0 aliphatic carbocycles. The number of anilines is 3. The van der Waals surface area contributed by atoms with Gasteiger partial charge in [-0.05, 0) is 48.7 Å². The van der Waals surface area contributed by atoms with E-state index in [1.54, 1.807) is 6.20 Å². The van der Waals surface area contributed by atoms with Crippen LogP contribution in [-0.4, -0.2) is 15.0 Å². The second-order valence-corrected chi connectivity index (χ2v) is 7.04. The maximum absolute atomic E-state index is 4.74. The number of nitrogens with zero attached hydrogens (tertiary/aromatic N) is 3. The zero-order chi connectivity index (χ0) is 20.1. The molecule has 2 N–H and O–H groups in total. The summed E-state index contributed by atoms with van der Waals surface area (Å²) < 4.78 is 0. The third-order valence-corrected chi connectivity index (χ3v) is 4.47. The first-order valence-electron chi connectivity index (χ1n) is 9.58. The van der Waals surface area contributed by atoms with E-state index >= 15 is 0 Å². The first-order valence-corrected chi connectivity index (χ1v) is 9.58. The number of benzene rings is 2. The predicted molar refractivity (Wildman–Crippen MR) is 118 cm³/mol. The van der Waals surface area contributed by atoms with Crippen molar-refractivity contribution in [1.82, 2.24) is 15.0 Å². The van der Waals surface area contributed by atoms with E-state index in [0.29, 0.717) is 12.5 Å². The van der Waals surface area contributed by atoms with Crippen molar-refractivity contribution >= 4 is 17.5 Å². The molecular weight excluding hydrogens is 358 g/mol. The van der Waals surface area contributed by atoms with Crippen molar-refractivity contribution in [3.05, 3.63) is 95.8 Å². The fourth-order valence-electron chi connectivity index (χ4n) is 3.22. The molecule has 2 aromatic heterocycles. The molecular formula is C24H23N5. The van der Waals surface area contributed by atoms with Gasteiger partial charge in [0.25, 0.3) is 0 Å². The quantitative estimate of drug-likeness (QED) is 0.461. The maximum Gasteiger partial charge on any atom is 0.229 e. The lowest BCUT2D eigenvalue weighted by Crippen LogP contribution is -2.06. The lowest BCUT2D eigenvalue weighted by atomic mass is 10.1. The Balaban J connectivity index is 1.65. The van der Waals surface area contributed by atoms with Gasteiger partial charge in [0.15, 0.2) is 0 Å². The third kappa shape index (κ3) is 4.96. The van der Waals surface area contributed by atoms with Gasteiger partial charge in [-0.1, -0.05) is 42.5 Å². The van der Waals surface area contributed by atoms with Crippen LogP contribution in [-0.2, 0) is 6.54 Å². The molecule has 4 rings (SSSR count). The van der Waals surface area contributed by atoms with Crippen LogP contribution < -0.4 is 10.6 Å². The Hall–Kier alpha value is -3.73. The van der Waals surface area contributed by atoms with Gasteiger partial charge in [-0.25, -0.2) is 4.98 Å². The minimum atomic E-state index is 0.560. The van der Waals surface area contributed by atoms with Crippen molar-refractivity contribution in [2.45, 2.75) is 20.4 Å². The zero-order valence-electron chi connectivity index (χ0n) is 16.6. The summed E-state index contributed by atoms with van der Waals surface area (Å²) in [4.78, 5) is 13.6. The lowest BCUT2D eigenvalue weighted by Gasteiger charge is -2.12. The summed E-state index contributed by atoms with van der Waals surface area (Å²) in [5, 5.41) is 6.75. The minimum Gasteiger partial charge on any atom is -0.366 e. The molecule has 0 aliphatic rings. The van der Waals surface area contributed by atoms with Crippen LogP contribution in [0.3, 0.4) is 0 Å². The van der Waals surface area contributed by atoms with Crippen molar-refractivity contribution in [3.63, 3.8) is 0 Å². The summed E-state index contributed by atoms with van der Waals surface area (Å²) in [6.07, 6.45) is 3.62.